The van der Waals surface area contributed by atoms with Crippen LogP contribution in [0.4, 0.5) is 5.82 Å². The Balaban J connectivity index is 2.01. The van der Waals surface area contributed by atoms with Gasteiger partial charge in [0, 0.05) is 30.4 Å². The van der Waals surface area contributed by atoms with Gasteiger partial charge < -0.3 is 5.32 Å². The van der Waals surface area contributed by atoms with Gasteiger partial charge in [0.05, 0.1) is 0 Å². The second-order valence-corrected chi connectivity index (χ2v) is 4.66. The number of anilines is 1. The van der Waals surface area contributed by atoms with Gasteiger partial charge in [-0.2, -0.15) is 11.8 Å². The molecule has 0 radical (unpaired) electrons. The van der Waals surface area contributed by atoms with Gasteiger partial charge in [-0.05, 0) is 6.92 Å². The van der Waals surface area contributed by atoms with Crippen LogP contribution in [0.1, 0.15) is 5.82 Å². The van der Waals surface area contributed by atoms with E-state index in [0.29, 0.717) is 0 Å². The number of aromatic nitrogens is 4. The van der Waals surface area contributed by atoms with Crippen LogP contribution in [0.3, 0.4) is 0 Å². The molecular formula is C11H15N5S. The van der Waals surface area contributed by atoms with Gasteiger partial charge in [-0.1, -0.05) is 6.08 Å². The Bertz CT molecular complexity index is 508. The molecule has 0 aliphatic carbocycles. The molecule has 0 saturated carbocycles. The third-order valence-electron chi connectivity index (χ3n) is 2.27. The van der Waals surface area contributed by atoms with Gasteiger partial charge in [-0.3, -0.25) is 4.40 Å². The second-order valence-electron chi connectivity index (χ2n) is 3.51. The summed E-state index contributed by atoms with van der Waals surface area (Å²) < 4.78 is 1.92. The number of hydrogen-bond donors (Lipinski definition) is 1. The van der Waals surface area contributed by atoms with E-state index in [1.165, 1.54) is 0 Å². The van der Waals surface area contributed by atoms with E-state index >= 15 is 0 Å². The third kappa shape index (κ3) is 2.76. The van der Waals surface area contributed by atoms with Crippen molar-refractivity contribution < 1.29 is 0 Å². The molecule has 5 nitrogen and oxygen atoms in total. The monoisotopic (exact) mass is 249 g/mol. The predicted octanol–water partition coefficient (Wildman–Crippen LogP) is 1.76. The molecule has 2 heterocycles. The summed E-state index contributed by atoms with van der Waals surface area (Å²) >= 11 is 1.83. The van der Waals surface area contributed by atoms with Crippen LogP contribution in [0.2, 0.25) is 0 Å². The molecule has 0 atom stereocenters. The van der Waals surface area contributed by atoms with E-state index in [-0.39, 0.29) is 0 Å². The molecule has 0 amide bonds. The lowest BCUT2D eigenvalue weighted by Crippen LogP contribution is -2.07. The molecule has 1 N–H and O–H groups in total. The molecule has 0 unspecified atom stereocenters. The fourth-order valence-corrected chi connectivity index (χ4v) is 2.05. The van der Waals surface area contributed by atoms with E-state index in [2.05, 4.69) is 27.1 Å². The third-order valence-corrected chi connectivity index (χ3v) is 3.24. The first kappa shape index (κ1) is 11.9. The summed E-state index contributed by atoms with van der Waals surface area (Å²) in [4.78, 5) is 4.27. The highest BCUT2D eigenvalue weighted by atomic mass is 32.2. The lowest BCUT2D eigenvalue weighted by Gasteiger charge is -2.05. The van der Waals surface area contributed by atoms with Crippen LogP contribution in [-0.4, -0.2) is 37.6 Å². The molecule has 0 aromatic carbocycles. The normalized spacial score (nSPS) is 10.6. The number of aryl methyl sites for hydroxylation is 1. The van der Waals surface area contributed by atoms with Crippen LogP contribution in [-0.2, 0) is 0 Å². The summed E-state index contributed by atoms with van der Waals surface area (Å²) in [7, 11) is 0. The highest BCUT2D eigenvalue weighted by Crippen LogP contribution is 2.11. The first-order valence-corrected chi connectivity index (χ1v) is 6.57. The molecule has 0 fully saturated rings. The predicted molar refractivity (Wildman–Crippen MR) is 71.5 cm³/mol. The van der Waals surface area contributed by atoms with Gasteiger partial charge in [-0.15, -0.1) is 16.8 Å². The van der Waals surface area contributed by atoms with Crippen LogP contribution in [0.15, 0.2) is 25.0 Å². The zero-order valence-corrected chi connectivity index (χ0v) is 10.6. The SMILES string of the molecule is C=CCSCCNc1nccn2c(C)nnc12. The highest BCUT2D eigenvalue weighted by Gasteiger charge is 2.06. The molecule has 2 rings (SSSR count). The van der Waals surface area contributed by atoms with Crippen LogP contribution < -0.4 is 5.32 Å². The topological polar surface area (TPSA) is 55.1 Å². The molecule has 0 bridgehead atoms. The number of rotatable bonds is 6. The van der Waals surface area contributed by atoms with Crippen molar-refractivity contribution in [1.82, 2.24) is 19.6 Å². The Morgan fingerprint density at radius 1 is 1.53 bits per heavy atom. The molecule has 6 heteroatoms. The van der Waals surface area contributed by atoms with E-state index in [4.69, 9.17) is 0 Å². The molecule has 2 aromatic rings. The minimum atomic E-state index is 0.777. The maximum absolute atomic E-state index is 4.27. The number of nitrogens with one attached hydrogen (secondary N) is 1. The molecule has 2 aromatic heterocycles. The maximum Gasteiger partial charge on any atom is 0.203 e. The van der Waals surface area contributed by atoms with Crippen molar-refractivity contribution in [3.63, 3.8) is 0 Å². The Morgan fingerprint density at radius 2 is 2.41 bits per heavy atom. The fraction of sp³-hybridized carbons (Fsp3) is 0.364. The molecular weight excluding hydrogens is 234 g/mol. The van der Waals surface area contributed by atoms with Crippen molar-refractivity contribution in [3.8, 4) is 0 Å². The average molecular weight is 249 g/mol. The summed E-state index contributed by atoms with van der Waals surface area (Å²) in [5.74, 6) is 3.64. The van der Waals surface area contributed by atoms with Gasteiger partial charge in [-0.25, -0.2) is 4.98 Å². The summed E-state index contributed by atoms with van der Waals surface area (Å²) in [5, 5.41) is 11.4. The summed E-state index contributed by atoms with van der Waals surface area (Å²) in [6.45, 7) is 6.46. The number of fused-ring (bicyclic) bond motifs is 1. The second kappa shape index (κ2) is 5.67. The molecule has 0 saturated heterocycles. The van der Waals surface area contributed by atoms with Crippen LogP contribution in [0, 0.1) is 6.92 Å². The summed E-state index contributed by atoms with van der Waals surface area (Å²) in [6, 6.07) is 0. The first-order valence-electron chi connectivity index (χ1n) is 5.42. The van der Waals surface area contributed by atoms with Crippen molar-refractivity contribution in [2.75, 3.05) is 23.4 Å². The number of thioether (sulfide) groups is 1. The van der Waals surface area contributed by atoms with Crippen molar-refractivity contribution in [1.29, 1.82) is 0 Å². The van der Waals surface area contributed by atoms with E-state index in [1.54, 1.807) is 6.20 Å². The van der Waals surface area contributed by atoms with Crippen molar-refractivity contribution >= 4 is 23.2 Å². The van der Waals surface area contributed by atoms with Crippen LogP contribution >= 0.6 is 11.8 Å². The summed E-state index contributed by atoms with van der Waals surface area (Å²) in [6.07, 6.45) is 5.52. The smallest absolute Gasteiger partial charge is 0.203 e. The van der Waals surface area contributed by atoms with E-state index in [1.807, 2.05) is 35.4 Å². The zero-order chi connectivity index (χ0) is 12.1. The van der Waals surface area contributed by atoms with Crippen molar-refractivity contribution in [3.05, 3.63) is 30.9 Å². The van der Waals surface area contributed by atoms with Gasteiger partial charge in [0.25, 0.3) is 0 Å². The van der Waals surface area contributed by atoms with Crippen LogP contribution in [0.5, 0.6) is 0 Å². The Kier molecular flexibility index (Phi) is 3.98. The molecule has 0 aliphatic rings. The quantitative estimate of drug-likeness (QED) is 0.624. The molecule has 0 aliphatic heterocycles. The maximum atomic E-state index is 4.27. The van der Waals surface area contributed by atoms with E-state index < -0.39 is 0 Å². The van der Waals surface area contributed by atoms with Crippen LogP contribution in [0.25, 0.3) is 5.65 Å². The number of nitrogens with zero attached hydrogens (tertiary/aromatic N) is 4. The van der Waals surface area contributed by atoms with E-state index in [0.717, 1.165) is 35.3 Å². The lowest BCUT2D eigenvalue weighted by atomic mass is 10.5. The first-order chi connectivity index (χ1) is 8.33. The average Bonchev–Trinajstić information content (AvgIpc) is 2.72. The Hall–Kier alpha value is -1.56. The lowest BCUT2D eigenvalue weighted by molar-refractivity contribution is 1.00. The highest BCUT2D eigenvalue weighted by molar-refractivity contribution is 7.99. The van der Waals surface area contributed by atoms with Gasteiger partial charge in [0.2, 0.25) is 5.65 Å². The Morgan fingerprint density at radius 3 is 3.24 bits per heavy atom. The molecule has 0 spiro atoms. The van der Waals surface area contributed by atoms with Crippen molar-refractivity contribution in [2.24, 2.45) is 0 Å². The fourth-order valence-electron chi connectivity index (χ4n) is 1.47. The van der Waals surface area contributed by atoms with Gasteiger partial charge in [0.15, 0.2) is 5.82 Å². The van der Waals surface area contributed by atoms with E-state index in [9.17, 15) is 0 Å². The largest absolute Gasteiger partial charge is 0.366 e. The Labute approximate surface area is 104 Å². The summed E-state index contributed by atoms with van der Waals surface area (Å²) in [5.41, 5.74) is 0.777. The molecule has 90 valence electrons. The minimum absolute atomic E-state index is 0.777. The minimum Gasteiger partial charge on any atom is -0.366 e. The number of hydrogen-bond acceptors (Lipinski definition) is 5. The van der Waals surface area contributed by atoms with Gasteiger partial charge >= 0.3 is 0 Å². The standard InChI is InChI=1S/C11H15N5S/c1-3-7-17-8-5-13-10-11-15-14-9(2)16(11)6-4-12-10/h3-4,6H,1,5,7-8H2,2H3,(H,12,13). The zero-order valence-electron chi connectivity index (χ0n) is 9.76. The van der Waals surface area contributed by atoms with Crippen molar-refractivity contribution in [2.45, 2.75) is 6.92 Å². The molecule has 17 heavy (non-hydrogen) atoms. The van der Waals surface area contributed by atoms with Gasteiger partial charge in [0.1, 0.15) is 5.82 Å².